The molecule has 0 aliphatic carbocycles. The molecule has 38 heavy (non-hydrogen) atoms. The molecule has 1 unspecified atom stereocenters. The van der Waals surface area contributed by atoms with Crippen LogP contribution in [0.15, 0.2) is 108 Å². The molecule has 6 rings (SSSR count). The quantitative estimate of drug-likeness (QED) is 0.320. The molecule has 3 aromatic carbocycles. The Kier molecular flexibility index (Phi) is 6.39. The van der Waals surface area contributed by atoms with Crippen LogP contribution in [-0.2, 0) is 16.8 Å². The lowest BCUT2D eigenvalue weighted by molar-refractivity contribution is -0.115. The second-order valence-electron chi connectivity index (χ2n) is 9.28. The number of aliphatic imine (C=N–C) groups is 1. The summed E-state index contributed by atoms with van der Waals surface area (Å²) in [6.07, 6.45) is 4.14. The molecule has 2 aliphatic rings. The Hall–Kier alpha value is -4.43. The van der Waals surface area contributed by atoms with Crippen molar-refractivity contribution in [3.8, 4) is 0 Å². The minimum Gasteiger partial charge on any atom is -0.326 e. The van der Waals surface area contributed by atoms with E-state index in [0.29, 0.717) is 18.9 Å². The van der Waals surface area contributed by atoms with Crippen LogP contribution in [0.2, 0.25) is 0 Å². The molecule has 2 N–H and O–H groups in total. The highest BCUT2D eigenvalue weighted by Crippen LogP contribution is 2.45. The van der Waals surface area contributed by atoms with Crippen LogP contribution in [0, 0.1) is 6.92 Å². The number of nitrogens with one attached hydrogen (secondary N) is 2. The molecule has 0 saturated carbocycles. The van der Waals surface area contributed by atoms with Gasteiger partial charge in [-0.15, -0.1) is 0 Å². The van der Waals surface area contributed by atoms with Crippen molar-refractivity contribution in [2.24, 2.45) is 4.99 Å². The molecule has 0 fully saturated rings. The summed E-state index contributed by atoms with van der Waals surface area (Å²) >= 11 is 1.60. The van der Waals surface area contributed by atoms with E-state index in [1.54, 1.807) is 18.0 Å². The van der Waals surface area contributed by atoms with Gasteiger partial charge in [-0.1, -0.05) is 66.4 Å². The number of hydrogen-bond acceptors (Lipinski definition) is 7. The highest BCUT2D eigenvalue weighted by Gasteiger charge is 2.48. The first-order valence-corrected chi connectivity index (χ1v) is 13.3. The van der Waals surface area contributed by atoms with Gasteiger partial charge in [0.15, 0.2) is 5.17 Å². The molecule has 3 heterocycles. The Balaban J connectivity index is 1.34. The van der Waals surface area contributed by atoms with Gasteiger partial charge in [0.1, 0.15) is 5.54 Å². The van der Waals surface area contributed by atoms with Gasteiger partial charge in [0.2, 0.25) is 11.9 Å². The zero-order valence-corrected chi connectivity index (χ0v) is 21.7. The smallest absolute Gasteiger partial charge is 0.228 e. The topological polar surface area (TPSA) is 82.5 Å². The van der Waals surface area contributed by atoms with Gasteiger partial charge in [0.25, 0.3) is 0 Å². The molecule has 7 nitrogen and oxygen atoms in total. The van der Waals surface area contributed by atoms with Crippen LogP contribution in [0.5, 0.6) is 0 Å². The maximum atomic E-state index is 12.8. The average molecular weight is 519 g/mol. The number of carbonyl (C=O) groups is 1. The van der Waals surface area contributed by atoms with E-state index in [9.17, 15) is 4.79 Å². The van der Waals surface area contributed by atoms with Crippen molar-refractivity contribution in [3.63, 3.8) is 0 Å². The number of fused-ring (bicyclic) bond motifs is 1. The normalized spacial score (nSPS) is 17.7. The first-order chi connectivity index (χ1) is 18.6. The van der Waals surface area contributed by atoms with Crippen LogP contribution in [0.25, 0.3) is 0 Å². The Morgan fingerprint density at radius 3 is 2.71 bits per heavy atom. The summed E-state index contributed by atoms with van der Waals surface area (Å²) in [7, 11) is 0. The van der Waals surface area contributed by atoms with Crippen molar-refractivity contribution >= 4 is 40.2 Å². The van der Waals surface area contributed by atoms with Crippen LogP contribution in [0.4, 0.5) is 17.3 Å². The highest BCUT2D eigenvalue weighted by molar-refractivity contribution is 8.16. The monoisotopic (exact) mass is 518 g/mol. The number of nitrogens with zero attached hydrogens (tertiary/aromatic N) is 4. The molecule has 1 amide bonds. The number of rotatable bonds is 7. The number of anilines is 3. The molecule has 0 spiro atoms. The Morgan fingerprint density at radius 2 is 1.84 bits per heavy atom. The molecular weight excluding hydrogens is 492 g/mol. The standard InChI is InChI=1S/C30H26N6OS/c1-21-7-5-11-24(17-21)34-28-31-14-13-26(35-28)30(20-32-29-36(30)15-16-38-29)23-10-6-12-25(19-23)33-27(37)18-22-8-3-2-4-9-22/h2-17,19H,18,20H2,1H3,(H,33,37)(H,31,34,35). The van der Waals surface area contributed by atoms with Crippen molar-refractivity contribution in [1.29, 1.82) is 0 Å². The van der Waals surface area contributed by atoms with E-state index in [1.807, 2.05) is 78.3 Å². The molecule has 0 saturated heterocycles. The number of aryl methyl sites for hydroxylation is 1. The molecule has 0 radical (unpaired) electrons. The summed E-state index contributed by atoms with van der Waals surface area (Å²) < 4.78 is 0. The fraction of sp³-hybridized carbons (Fsp3) is 0.133. The number of amides is 1. The summed E-state index contributed by atoms with van der Waals surface area (Å²) in [6.45, 7) is 2.56. The zero-order chi connectivity index (χ0) is 26.0. The molecule has 0 bridgehead atoms. The van der Waals surface area contributed by atoms with Crippen LogP contribution < -0.4 is 10.6 Å². The first kappa shape index (κ1) is 23.9. The second-order valence-corrected chi connectivity index (χ2v) is 10.2. The first-order valence-electron chi connectivity index (χ1n) is 12.4. The van der Waals surface area contributed by atoms with Crippen LogP contribution in [0.1, 0.15) is 22.4 Å². The number of benzene rings is 3. The van der Waals surface area contributed by atoms with Crippen molar-refractivity contribution < 1.29 is 4.79 Å². The maximum Gasteiger partial charge on any atom is 0.228 e. The fourth-order valence-corrected chi connectivity index (χ4v) is 5.63. The maximum absolute atomic E-state index is 12.8. The molecule has 4 aromatic rings. The van der Waals surface area contributed by atoms with E-state index >= 15 is 0 Å². The van der Waals surface area contributed by atoms with E-state index in [0.717, 1.165) is 38.9 Å². The summed E-state index contributed by atoms with van der Waals surface area (Å²) in [6, 6.07) is 27.8. The van der Waals surface area contributed by atoms with E-state index < -0.39 is 5.54 Å². The SMILES string of the molecule is Cc1cccc(Nc2nccc(C3(c4cccc(NC(=O)Cc5ccccc5)c4)CN=C4SC=CN43)n2)c1. The van der Waals surface area contributed by atoms with Crippen LogP contribution in [0.3, 0.4) is 0 Å². The lowest BCUT2D eigenvalue weighted by atomic mass is 9.85. The van der Waals surface area contributed by atoms with Crippen molar-refractivity contribution in [3.05, 3.63) is 125 Å². The van der Waals surface area contributed by atoms with Gasteiger partial charge in [0.05, 0.1) is 18.7 Å². The highest BCUT2D eigenvalue weighted by atomic mass is 32.2. The fourth-order valence-electron chi connectivity index (χ4n) is 4.86. The summed E-state index contributed by atoms with van der Waals surface area (Å²) in [4.78, 5) is 29.3. The second kappa shape index (κ2) is 10.1. The van der Waals surface area contributed by atoms with Gasteiger partial charge in [-0.3, -0.25) is 9.79 Å². The summed E-state index contributed by atoms with van der Waals surface area (Å²) in [5.74, 6) is 0.457. The molecule has 8 heteroatoms. The van der Waals surface area contributed by atoms with Gasteiger partial charge >= 0.3 is 0 Å². The minimum atomic E-state index is -0.665. The lowest BCUT2D eigenvalue weighted by Crippen LogP contribution is -2.44. The predicted octanol–water partition coefficient (Wildman–Crippen LogP) is 5.84. The van der Waals surface area contributed by atoms with Gasteiger partial charge in [0, 0.05) is 23.8 Å². The Bertz CT molecular complexity index is 1550. The average Bonchev–Trinajstić information content (AvgIpc) is 3.53. The van der Waals surface area contributed by atoms with Gasteiger partial charge in [-0.2, -0.15) is 0 Å². The van der Waals surface area contributed by atoms with Gasteiger partial charge in [-0.25, -0.2) is 9.97 Å². The Labute approximate surface area is 225 Å². The van der Waals surface area contributed by atoms with Crippen LogP contribution >= 0.6 is 11.8 Å². The number of aromatic nitrogens is 2. The third-order valence-electron chi connectivity index (χ3n) is 6.63. The minimum absolute atomic E-state index is 0.0611. The summed E-state index contributed by atoms with van der Waals surface area (Å²) in [5.41, 5.74) is 4.93. The number of carbonyl (C=O) groups excluding carboxylic acids is 1. The predicted molar refractivity (Wildman–Crippen MR) is 153 cm³/mol. The van der Waals surface area contributed by atoms with Crippen molar-refractivity contribution in [2.75, 3.05) is 17.2 Å². The van der Waals surface area contributed by atoms with E-state index in [-0.39, 0.29) is 5.91 Å². The third kappa shape index (κ3) is 4.66. The third-order valence-corrected chi connectivity index (χ3v) is 7.42. The van der Waals surface area contributed by atoms with E-state index in [4.69, 9.17) is 9.98 Å². The van der Waals surface area contributed by atoms with Gasteiger partial charge in [-0.05, 0) is 59.4 Å². The molecular formula is C30H26N6OS. The largest absolute Gasteiger partial charge is 0.326 e. The zero-order valence-electron chi connectivity index (χ0n) is 20.8. The van der Waals surface area contributed by atoms with E-state index in [2.05, 4.69) is 45.6 Å². The molecule has 1 atom stereocenters. The van der Waals surface area contributed by atoms with Crippen molar-refractivity contribution in [2.45, 2.75) is 18.9 Å². The number of hydrogen-bond donors (Lipinski definition) is 2. The molecule has 188 valence electrons. The Morgan fingerprint density at radius 1 is 1.00 bits per heavy atom. The van der Waals surface area contributed by atoms with Gasteiger partial charge < -0.3 is 15.5 Å². The lowest BCUT2D eigenvalue weighted by Gasteiger charge is -2.36. The van der Waals surface area contributed by atoms with E-state index in [1.165, 1.54) is 0 Å². The number of amidine groups is 1. The van der Waals surface area contributed by atoms with Crippen LogP contribution in [-0.4, -0.2) is 32.5 Å². The molecule has 1 aromatic heterocycles. The van der Waals surface area contributed by atoms with Crippen molar-refractivity contribution in [1.82, 2.24) is 14.9 Å². The summed E-state index contributed by atoms with van der Waals surface area (Å²) in [5, 5.41) is 9.37. The molecule has 2 aliphatic heterocycles. The number of thioether (sulfide) groups is 1.